The molecule has 2 rings (SSSR count). The summed E-state index contributed by atoms with van der Waals surface area (Å²) in [6.45, 7) is 3.11. The van der Waals surface area contributed by atoms with Gasteiger partial charge >= 0.3 is 0 Å². The average Bonchev–Trinajstić information content (AvgIpc) is 2.45. The smallest absolute Gasteiger partial charge is 0.123 e. The second kappa shape index (κ2) is 7.14. The highest BCUT2D eigenvalue weighted by molar-refractivity contribution is 7.98. The number of nitrogens with zero attached hydrogens (tertiary/aromatic N) is 1. The monoisotopic (exact) mass is 276 g/mol. The molecular formula is C15H17FN2S. The van der Waals surface area contributed by atoms with Crippen LogP contribution in [-0.2, 0) is 5.75 Å². The zero-order chi connectivity index (χ0) is 13.5. The number of pyridine rings is 1. The summed E-state index contributed by atoms with van der Waals surface area (Å²) < 4.78 is 12.8. The van der Waals surface area contributed by atoms with Crippen molar-refractivity contribution in [1.29, 1.82) is 0 Å². The van der Waals surface area contributed by atoms with Crippen molar-refractivity contribution in [3.8, 4) is 0 Å². The first-order valence-electron chi connectivity index (χ1n) is 6.35. The van der Waals surface area contributed by atoms with Gasteiger partial charge in [-0.05, 0) is 42.8 Å². The third-order valence-corrected chi connectivity index (χ3v) is 3.64. The highest BCUT2D eigenvalue weighted by Crippen LogP contribution is 2.23. The normalized spacial score (nSPS) is 10.4. The van der Waals surface area contributed by atoms with Crippen LogP contribution in [0.3, 0.4) is 0 Å². The number of nitrogens with one attached hydrogen (secondary N) is 1. The number of aromatic nitrogens is 1. The maximum absolute atomic E-state index is 12.8. The third-order valence-electron chi connectivity index (χ3n) is 2.60. The highest BCUT2D eigenvalue weighted by atomic mass is 32.2. The lowest BCUT2D eigenvalue weighted by Gasteiger charge is -2.06. The van der Waals surface area contributed by atoms with Gasteiger partial charge in [0.1, 0.15) is 5.82 Å². The molecule has 1 heterocycles. The molecule has 0 amide bonds. The van der Waals surface area contributed by atoms with Crippen molar-refractivity contribution < 1.29 is 4.39 Å². The van der Waals surface area contributed by atoms with E-state index < -0.39 is 0 Å². The molecule has 0 aliphatic carbocycles. The van der Waals surface area contributed by atoms with Crippen LogP contribution in [0.25, 0.3) is 0 Å². The number of hydrogen-bond acceptors (Lipinski definition) is 3. The van der Waals surface area contributed by atoms with Crippen LogP contribution in [0.15, 0.2) is 47.5 Å². The first-order chi connectivity index (χ1) is 9.28. The number of rotatable bonds is 6. The Hall–Kier alpha value is -1.55. The molecule has 1 N–H and O–H groups in total. The van der Waals surface area contributed by atoms with Crippen LogP contribution in [0.1, 0.15) is 19.0 Å². The molecule has 0 atom stereocenters. The van der Waals surface area contributed by atoms with Crippen LogP contribution in [-0.4, -0.2) is 11.5 Å². The van der Waals surface area contributed by atoms with Gasteiger partial charge in [-0.3, -0.25) is 4.98 Å². The van der Waals surface area contributed by atoms with E-state index in [1.165, 1.54) is 12.1 Å². The van der Waals surface area contributed by atoms with Gasteiger partial charge in [0.15, 0.2) is 0 Å². The van der Waals surface area contributed by atoms with Crippen molar-refractivity contribution in [1.82, 2.24) is 4.98 Å². The number of hydrogen-bond donors (Lipinski definition) is 1. The molecule has 0 aliphatic rings. The Kier molecular flexibility index (Phi) is 5.21. The van der Waals surface area contributed by atoms with Gasteiger partial charge in [0.2, 0.25) is 0 Å². The van der Waals surface area contributed by atoms with Crippen molar-refractivity contribution in [2.45, 2.75) is 24.0 Å². The van der Waals surface area contributed by atoms with Crippen LogP contribution in [0, 0.1) is 5.82 Å². The summed E-state index contributed by atoms with van der Waals surface area (Å²) in [6.07, 6.45) is 2.92. The zero-order valence-corrected chi connectivity index (χ0v) is 11.7. The van der Waals surface area contributed by atoms with E-state index in [2.05, 4.69) is 23.3 Å². The van der Waals surface area contributed by atoms with Crippen molar-refractivity contribution in [3.63, 3.8) is 0 Å². The van der Waals surface area contributed by atoms with Gasteiger partial charge in [-0.15, -0.1) is 11.8 Å². The second-order valence-electron chi connectivity index (χ2n) is 4.21. The summed E-state index contributed by atoms with van der Waals surface area (Å²) in [6, 6.07) is 10.6. The lowest BCUT2D eigenvalue weighted by Crippen LogP contribution is -2.00. The molecule has 0 saturated carbocycles. The lowest BCUT2D eigenvalue weighted by molar-refractivity contribution is 0.626. The average molecular weight is 276 g/mol. The molecule has 1 aromatic heterocycles. The van der Waals surface area contributed by atoms with Gasteiger partial charge in [-0.25, -0.2) is 4.39 Å². The standard InChI is InChI=1S/C15H17FN2S/c1-2-8-17-13-7-9-18-14(10-13)11-19-15-5-3-12(16)4-6-15/h3-7,9-10H,2,8,11H2,1H3,(H,17,18). The molecule has 0 spiro atoms. The summed E-state index contributed by atoms with van der Waals surface area (Å²) in [5.74, 6) is 0.584. The largest absolute Gasteiger partial charge is 0.385 e. The van der Waals surface area contributed by atoms with Gasteiger partial charge in [-0.1, -0.05) is 6.92 Å². The molecule has 1 aromatic carbocycles. The van der Waals surface area contributed by atoms with E-state index in [-0.39, 0.29) is 5.82 Å². The highest BCUT2D eigenvalue weighted by Gasteiger charge is 2.00. The molecule has 0 bridgehead atoms. The zero-order valence-electron chi connectivity index (χ0n) is 10.9. The first-order valence-corrected chi connectivity index (χ1v) is 7.33. The van der Waals surface area contributed by atoms with Gasteiger partial charge in [0.05, 0.1) is 5.69 Å². The summed E-state index contributed by atoms with van der Waals surface area (Å²) >= 11 is 1.66. The van der Waals surface area contributed by atoms with Crippen molar-refractivity contribution in [2.75, 3.05) is 11.9 Å². The molecule has 0 aliphatic heterocycles. The second-order valence-corrected chi connectivity index (χ2v) is 5.25. The fraction of sp³-hybridized carbons (Fsp3) is 0.267. The summed E-state index contributed by atoms with van der Waals surface area (Å²) in [5.41, 5.74) is 2.13. The van der Waals surface area contributed by atoms with E-state index >= 15 is 0 Å². The van der Waals surface area contributed by atoms with E-state index in [1.807, 2.05) is 12.3 Å². The molecule has 100 valence electrons. The van der Waals surface area contributed by atoms with Crippen LogP contribution >= 0.6 is 11.8 Å². The maximum Gasteiger partial charge on any atom is 0.123 e. The number of anilines is 1. The fourth-order valence-corrected chi connectivity index (χ4v) is 2.43. The summed E-state index contributed by atoms with van der Waals surface area (Å²) in [5, 5.41) is 3.34. The topological polar surface area (TPSA) is 24.9 Å². The SMILES string of the molecule is CCCNc1ccnc(CSc2ccc(F)cc2)c1. The number of thioether (sulfide) groups is 1. The summed E-state index contributed by atoms with van der Waals surface area (Å²) in [4.78, 5) is 5.40. The minimum atomic E-state index is -0.201. The Morgan fingerprint density at radius 1 is 1.21 bits per heavy atom. The van der Waals surface area contributed by atoms with Crippen molar-refractivity contribution in [2.24, 2.45) is 0 Å². The number of benzene rings is 1. The maximum atomic E-state index is 12.8. The molecule has 0 saturated heterocycles. The Morgan fingerprint density at radius 3 is 2.74 bits per heavy atom. The predicted octanol–water partition coefficient (Wildman–Crippen LogP) is 4.33. The van der Waals surface area contributed by atoms with E-state index in [0.29, 0.717) is 0 Å². The summed E-state index contributed by atoms with van der Waals surface area (Å²) in [7, 11) is 0. The Balaban J connectivity index is 1.93. The molecule has 0 unspecified atom stereocenters. The Labute approximate surface area is 117 Å². The van der Waals surface area contributed by atoms with Crippen LogP contribution in [0.4, 0.5) is 10.1 Å². The molecule has 4 heteroatoms. The van der Waals surface area contributed by atoms with Gasteiger partial charge in [0, 0.05) is 29.1 Å². The number of halogens is 1. The van der Waals surface area contributed by atoms with Crippen LogP contribution in [0.5, 0.6) is 0 Å². The van der Waals surface area contributed by atoms with E-state index in [4.69, 9.17) is 0 Å². The quantitative estimate of drug-likeness (QED) is 0.795. The first kappa shape index (κ1) is 13.9. The fourth-order valence-electron chi connectivity index (χ4n) is 1.62. The van der Waals surface area contributed by atoms with E-state index in [1.54, 1.807) is 23.9 Å². The van der Waals surface area contributed by atoms with E-state index in [0.717, 1.165) is 35.0 Å². The molecule has 2 nitrogen and oxygen atoms in total. The van der Waals surface area contributed by atoms with Gasteiger partial charge < -0.3 is 5.32 Å². The lowest BCUT2D eigenvalue weighted by atomic mass is 10.3. The minimum absolute atomic E-state index is 0.201. The molecule has 2 aromatic rings. The van der Waals surface area contributed by atoms with Crippen LogP contribution in [0.2, 0.25) is 0 Å². The van der Waals surface area contributed by atoms with Crippen molar-refractivity contribution in [3.05, 3.63) is 54.1 Å². The van der Waals surface area contributed by atoms with Crippen molar-refractivity contribution >= 4 is 17.4 Å². The van der Waals surface area contributed by atoms with E-state index in [9.17, 15) is 4.39 Å². The Morgan fingerprint density at radius 2 is 2.00 bits per heavy atom. The molecular weight excluding hydrogens is 259 g/mol. The third kappa shape index (κ3) is 4.56. The molecule has 19 heavy (non-hydrogen) atoms. The van der Waals surface area contributed by atoms with Gasteiger partial charge in [-0.2, -0.15) is 0 Å². The van der Waals surface area contributed by atoms with Gasteiger partial charge in [0.25, 0.3) is 0 Å². The molecule has 0 fully saturated rings. The Bertz CT molecular complexity index is 514. The minimum Gasteiger partial charge on any atom is -0.385 e. The molecule has 0 radical (unpaired) electrons. The van der Waals surface area contributed by atoms with Crippen LogP contribution < -0.4 is 5.32 Å². The predicted molar refractivity (Wildman–Crippen MR) is 79.0 cm³/mol.